The van der Waals surface area contributed by atoms with Gasteiger partial charge in [0.2, 0.25) is 0 Å². The third-order valence-electron chi connectivity index (χ3n) is 5.86. The summed E-state index contributed by atoms with van der Waals surface area (Å²) < 4.78 is 8.76. The molecule has 0 aliphatic heterocycles. The fraction of sp³-hybridized carbons (Fsp3) is 0.192. The number of esters is 1. The van der Waals surface area contributed by atoms with Gasteiger partial charge in [-0.2, -0.15) is 5.10 Å². The van der Waals surface area contributed by atoms with Crippen LogP contribution in [0.25, 0.3) is 28.3 Å². The number of aromatic nitrogens is 6. The molecule has 0 saturated heterocycles. The maximum absolute atomic E-state index is 12.2. The number of halogens is 1. The van der Waals surface area contributed by atoms with Crippen LogP contribution in [0.1, 0.15) is 29.5 Å². The number of ether oxygens (including phenoxy) is 1. The molecule has 0 saturated carbocycles. The lowest BCUT2D eigenvalue weighted by Gasteiger charge is -2.25. The minimum atomic E-state index is -0.267. The Morgan fingerprint density at radius 1 is 1.11 bits per heavy atom. The number of aromatic amines is 1. The van der Waals surface area contributed by atoms with Crippen LogP contribution in [0.4, 0.5) is 0 Å². The molecule has 1 atom stereocenters. The third-order valence-corrected chi connectivity index (χ3v) is 6.87. The Kier molecular flexibility index (Phi) is 7.05. The molecule has 182 valence electrons. The number of aryl methyl sites for hydroxylation is 1. The summed E-state index contributed by atoms with van der Waals surface area (Å²) in [5, 5.41) is 4.27. The summed E-state index contributed by atoms with van der Waals surface area (Å²) in [7, 11) is 1.41. The third kappa shape index (κ3) is 5.14. The van der Waals surface area contributed by atoms with Gasteiger partial charge in [0.15, 0.2) is 5.65 Å². The quantitative estimate of drug-likeness (QED) is 0.155. The second kappa shape index (κ2) is 10.5. The molecule has 0 aliphatic rings. The summed E-state index contributed by atoms with van der Waals surface area (Å²) in [4.78, 5) is 29.6. The van der Waals surface area contributed by atoms with E-state index in [1.807, 2.05) is 73.8 Å². The first-order valence-electron chi connectivity index (χ1n) is 11.4. The second-order valence-electron chi connectivity index (χ2n) is 8.32. The maximum Gasteiger partial charge on any atom is 0.307 e. The van der Waals surface area contributed by atoms with Gasteiger partial charge >= 0.3 is 5.97 Å². The molecule has 4 aromatic heterocycles. The normalized spacial score (nSPS) is 12.2. The molecule has 5 rings (SSSR count). The molecule has 0 bridgehead atoms. The smallest absolute Gasteiger partial charge is 0.307 e. The Hall–Kier alpha value is -3.64. The molecular formula is C26H24IN7O2. The molecule has 0 aliphatic carbocycles. The molecule has 36 heavy (non-hydrogen) atoms. The Bertz CT molecular complexity index is 1500. The summed E-state index contributed by atoms with van der Waals surface area (Å²) in [6, 6.07) is 19.6. The standard InChI is InChI=1S/C26H24IN7O2/c1-17-7-6-10-20(30-17)26-25(19-11-12-23-28-16-29-34(23)14-19)31-22(32-26)15-33(27)21(13-24(35)36-2)18-8-4-3-5-9-18/h3-12,14,16,21H,13,15H2,1-2H3,(H,31,32)/t21-/m0/s1. The summed E-state index contributed by atoms with van der Waals surface area (Å²) in [5.74, 6) is 0.485. The minimum Gasteiger partial charge on any atom is -0.469 e. The number of fused-ring (bicyclic) bond motifs is 1. The van der Waals surface area contributed by atoms with Crippen molar-refractivity contribution >= 4 is 34.5 Å². The summed E-state index contributed by atoms with van der Waals surface area (Å²) >= 11 is 2.25. The van der Waals surface area contributed by atoms with Crippen molar-refractivity contribution in [2.45, 2.75) is 25.9 Å². The predicted molar refractivity (Wildman–Crippen MR) is 144 cm³/mol. The highest BCUT2D eigenvalue weighted by atomic mass is 127. The van der Waals surface area contributed by atoms with E-state index in [9.17, 15) is 4.79 Å². The average Bonchev–Trinajstić information content (AvgIpc) is 3.54. The summed E-state index contributed by atoms with van der Waals surface area (Å²) in [6.45, 7) is 2.44. The van der Waals surface area contributed by atoms with Gasteiger partial charge in [-0.15, -0.1) is 0 Å². The second-order valence-corrected chi connectivity index (χ2v) is 9.56. The van der Waals surface area contributed by atoms with Gasteiger partial charge in [-0.25, -0.2) is 17.6 Å². The fourth-order valence-electron chi connectivity index (χ4n) is 4.08. The number of carbonyl (C=O) groups is 1. The van der Waals surface area contributed by atoms with Gasteiger partial charge in [0.1, 0.15) is 12.2 Å². The van der Waals surface area contributed by atoms with Crippen molar-refractivity contribution < 1.29 is 9.53 Å². The summed E-state index contributed by atoms with van der Waals surface area (Å²) in [6.07, 6.45) is 3.66. The number of imidazole rings is 1. The highest BCUT2D eigenvalue weighted by molar-refractivity contribution is 14.1. The first-order chi connectivity index (χ1) is 17.5. The van der Waals surface area contributed by atoms with Gasteiger partial charge in [0.05, 0.1) is 43.2 Å². The summed E-state index contributed by atoms with van der Waals surface area (Å²) in [5.41, 5.74) is 5.99. The van der Waals surface area contributed by atoms with Gasteiger partial charge in [-0.1, -0.05) is 36.4 Å². The molecule has 5 aromatic rings. The zero-order chi connectivity index (χ0) is 25.1. The molecule has 1 aromatic carbocycles. The molecule has 9 nitrogen and oxygen atoms in total. The van der Waals surface area contributed by atoms with Gasteiger partial charge in [0, 0.05) is 40.3 Å². The number of methoxy groups -OCH3 is 1. The molecule has 4 heterocycles. The van der Waals surface area contributed by atoms with Crippen LogP contribution in [-0.2, 0) is 16.1 Å². The zero-order valence-electron chi connectivity index (χ0n) is 19.8. The maximum atomic E-state index is 12.2. The highest BCUT2D eigenvalue weighted by Crippen LogP contribution is 2.33. The molecule has 0 radical (unpaired) electrons. The van der Waals surface area contributed by atoms with E-state index in [4.69, 9.17) is 14.7 Å². The van der Waals surface area contributed by atoms with E-state index in [1.54, 1.807) is 4.52 Å². The molecule has 0 unspecified atom stereocenters. The predicted octanol–water partition coefficient (Wildman–Crippen LogP) is 4.95. The average molecular weight is 593 g/mol. The molecular weight excluding hydrogens is 569 g/mol. The van der Waals surface area contributed by atoms with E-state index in [1.165, 1.54) is 13.4 Å². The van der Waals surface area contributed by atoms with Crippen LogP contribution in [0, 0.1) is 6.92 Å². The van der Waals surface area contributed by atoms with Crippen molar-refractivity contribution in [1.82, 2.24) is 32.7 Å². The number of hydrogen-bond donors (Lipinski definition) is 1. The molecule has 1 N–H and O–H groups in total. The lowest BCUT2D eigenvalue weighted by molar-refractivity contribution is -0.141. The molecule has 0 fully saturated rings. The van der Waals surface area contributed by atoms with E-state index in [-0.39, 0.29) is 18.4 Å². The van der Waals surface area contributed by atoms with E-state index < -0.39 is 0 Å². The molecule has 0 spiro atoms. The highest BCUT2D eigenvalue weighted by Gasteiger charge is 2.25. The lowest BCUT2D eigenvalue weighted by Crippen LogP contribution is -2.22. The first kappa shape index (κ1) is 24.1. The number of H-pyrrole nitrogens is 1. The topological polar surface area (TPSA) is 101 Å². The lowest BCUT2D eigenvalue weighted by atomic mass is 10.0. The number of nitrogens with zero attached hydrogens (tertiary/aromatic N) is 6. The van der Waals surface area contributed by atoms with Crippen LogP contribution in [0.2, 0.25) is 0 Å². The zero-order valence-corrected chi connectivity index (χ0v) is 22.0. The van der Waals surface area contributed by atoms with Crippen LogP contribution < -0.4 is 0 Å². The number of benzene rings is 1. The Morgan fingerprint density at radius 2 is 1.94 bits per heavy atom. The number of carbonyl (C=O) groups excluding carboxylic acids is 1. The van der Waals surface area contributed by atoms with Gasteiger partial charge in [-0.05, 0) is 36.8 Å². The monoisotopic (exact) mass is 593 g/mol. The first-order valence-corrected chi connectivity index (χ1v) is 12.3. The number of pyridine rings is 2. The van der Waals surface area contributed by atoms with Crippen molar-refractivity contribution in [3.63, 3.8) is 0 Å². The van der Waals surface area contributed by atoms with Gasteiger partial charge < -0.3 is 9.72 Å². The van der Waals surface area contributed by atoms with Crippen LogP contribution in [0.3, 0.4) is 0 Å². The van der Waals surface area contributed by atoms with E-state index in [0.717, 1.165) is 45.4 Å². The van der Waals surface area contributed by atoms with Crippen LogP contribution >= 0.6 is 22.9 Å². The minimum absolute atomic E-state index is 0.181. The van der Waals surface area contributed by atoms with Crippen molar-refractivity contribution in [3.05, 3.63) is 90.3 Å². The largest absolute Gasteiger partial charge is 0.469 e. The van der Waals surface area contributed by atoms with Crippen molar-refractivity contribution in [3.8, 4) is 22.6 Å². The number of hydrogen-bond acceptors (Lipinski definition) is 7. The fourth-order valence-corrected chi connectivity index (χ4v) is 4.92. The van der Waals surface area contributed by atoms with E-state index in [2.05, 4.69) is 41.0 Å². The van der Waals surface area contributed by atoms with Crippen molar-refractivity contribution in [2.75, 3.05) is 7.11 Å². The van der Waals surface area contributed by atoms with Gasteiger partial charge in [-0.3, -0.25) is 9.78 Å². The van der Waals surface area contributed by atoms with Crippen molar-refractivity contribution in [1.29, 1.82) is 0 Å². The van der Waals surface area contributed by atoms with E-state index in [0.29, 0.717) is 6.54 Å². The Balaban J connectivity index is 1.53. The Morgan fingerprint density at radius 3 is 2.72 bits per heavy atom. The molecule has 10 heteroatoms. The number of rotatable bonds is 8. The molecule has 0 amide bonds. The number of nitrogens with one attached hydrogen (secondary N) is 1. The van der Waals surface area contributed by atoms with Gasteiger partial charge in [0.25, 0.3) is 0 Å². The SMILES string of the molecule is COC(=O)C[C@@H](c1ccccc1)N(I)Cc1nc(-c2ccc3ncnn3c2)c(-c2cccc(C)n2)[nH]1. The van der Waals surface area contributed by atoms with Crippen LogP contribution in [0.15, 0.2) is 73.2 Å². The van der Waals surface area contributed by atoms with Crippen molar-refractivity contribution in [2.24, 2.45) is 0 Å². The van der Waals surface area contributed by atoms with Crippen LogP contribution in [-0.4, -0.2) is 45.7 Å². The Labute approximate surface area is 222 Å². The van der Waals surface area contributed by atoms with Crippen LogP contribution in [0.5, 0.6) is 0 Å². The van der Waals surface area contributed by atoms with E-state index >= 15 is 0 Å².